The number of tetrazole rings is 1. The molecule has 0 saturated heterocycles. The van der Waals surface area contributed by atoms with Crippen LogP contribution in [0.3, 0.4) is 0 Å². The number of nitrogens with zero attached hydrogens (tertiary/aromatic N) is 4. The van der Waals surface area contributed by atoms with Crippen LogP contribution in [0.5, 0.6) is 0 Å². The van der Waals surface area contributed by atoms with Gasteiger partial charge in [-0.05, 0) is 54.3 Å². The monoisotopic (exact) mass is 289 g/mol. The topological polar surface area (TPSA) is 69.6 Å². The van der Waals surface area contributed by atoms with Gasteiger partial charge in [-0.15, -0.1) is 5.10 Å². The number of halogens is 1. The molecule has 1 fully saturated rings. The van der Waals surface area contributed by atoms with Crippen molar-refractivity contribution in [2.45, 2.75) is 45.1 Å². The van der Waals surface area contributed by atoms with E-state index in [-0.39, 0.29) is 11.9 Å². The molecule has 0 amide bonds. The number of nitrogens with two attached hydrogens (primary N) is 1. The Morgan fingerprint density at radius 1 is 1.29 bits per heavy atom. The fraction of sp³-hybridized carbons (Fsp3) is 0.533. The average Bonchev–Trinajstić information content (AvgIpc) is 2.99. The molecule has 1 heterocycles. The van der Waals surface area contributed by atoms with Crippen LogP contribution in [0.1, 0.15) is 45.1 Å². The third-order valence-corrected chi connectivity index (χ3v) is 4.47. The van der Waals surface area contributed by atoms with Gasteiger partial charge in [0.05, 0.1) is 6.04 Å². The summed E-state index contributed by atoms with van der Waals surface area (Å²) in [6.07, 6.45) is 6.21. The van der Waals surface area contributed by atoms with E-state index in [4.69, 9.17) is 5.73 Å². The second-order valence-electron chi connectivity index (χ2n) is 5.82. The Hall–Kier alpha value is -1.98. The fourth-order valence-corrected chi connectivity index (χ4v) is 3.18. The molecule has 2 aromatic rings. The molecule has 0 spiro atoms. The van der Waals surface area contributed by atoms with Gasteiger partial charge in [-0.3, -0.25) is 0 Å². The average molecular weight is 289 g/mol. The molecule has 3 rings (SSSR count). The first-order valence-corrected chi connectivity index (χ1v) is 7.50. The lowest BCUT2D eigenvalue weighted by molar-refractivity contribution is 0.249. The molecule has 21 heavy (non-hydrogen) atoms. The zero-order valence-electron chi connectivity index (χ0n) is 12.2. The molecule has 0 radical (unpaired) electrons. The number of aromatic nitrogens is 4. The number of nitrogen functional groups attached to an aromatic ring is 1. The van der Waals surface area contributed by atoms with E-state index in [0.717, 1.165) is 0 Å². The molecular weight excluding hydrogens is 269 g/mol. The zero-order valence-corrected chi connectivity index (χ0v) is 12.2. The Bertz CT molecular complexity index is 618. The molecule has 0 aliphatic heterocycles. The van der Waals surface area contributed by atoms with E-state index in [0.29, 0.717) is 23.0 Å². The predicted octanol–water partition coefficient (Wildman–Crippen LogP) is 3.20. The van der Waals surface area contributed by atoms with Gasteiger partial charge in [0.1, 0.15) is 5.82 Å². The van der Waals surface area contributed by atoms with E-state index in [1.165, 1.54) is 44.2 Å². The number of rotatable bonds is 3. The summed E-state index contributed by atoms with van der Waals surface area (Å²) in [5, 5.41) is 11.9. The van der Waals surface area contributed by atoms with Crippen LogP contribution in [-0.2, 0) is 0 Å². The Labute approximate surface area is 123 Å². The zero-order chi connectivity index (χ0) is 14.8. The number of hydrogen-bond donors (Lipinski definition) is 1. The second kappa shape index (κ2) is 5.79. The predicted molar refractivity (Wildman–Crippen MR) is 78.9 cm³/mol. The Morgan fingerprint density at radius 3 is 2.81 bits per heavy atom. The quantitative estimate of drug-likeness (QED) is 0.881. The van der Waals surface area contributed by atoms with Gasteiger partial charge < -0.3 is 5.73 Å². The molecule has 1 atom stereocenters. The highest BCUT2D eigenvalue weighted by Crippen LogP contribution is 2.34. The molecule has 1 aromatic heterocycles. The lowest BCUT2D eigenvalue weighted by Crippen LogP contribution is -2.21. The summed E-state index contributed by atoms with van der Waals surface area (Å²) in [4.78, 5) is 0. The molecule has 1 saturated carbocycles. The van der Waals surface area contributed by atoms with E-state index in [9.17, 15) is 4.39 Å². The van der Waals surface area contributed by atoms with Crippen LogP contribution in [0, 0.1) is 11.7 Å². The highest BCUT2D eigenvalue weighted by molar-refractivity contribution is 5.71. The highest BCUT2D eigenvalue weighted by atomic mass is 19.1. The second-order valence-corrected chi connectivity index (χ2v) is 5.82. The van der Waals surface area contributed by atoms with Crippen LogP contribution >= 0.6 is 0 Å². The standard InChI is InChI=1S/C15H20FN5/c1-10(11-5-3-2-4-6-11)21-15(18-19-20-21)13-9-12(16)7-8-14(13)17/h7-11H,2-6,17H2,1H3. The summed E-state index contributed by atoms with van der Waals surface area (Å²) in [7, 11) is 0. The fourth-order valence-electron chi connectivity index (χ4n) is 3.18. The Kier molecular flexibility index (Phi) is 3.86. The van der Waals surface area contributed by atoms with Gasteiger partial charge >= 0.3 is 0 Å². The van der Waals surface area contributed by atoms with Crippen molar-refractivity contribution in [1.82, 2.24) is 20.2 Å². The van der Waals surface area contributed by atoms with Gasteiger partial charge in [0.15, 0.2) is 5.82 Å². The van der Waals surface area contributed by atoms with Gasteiger partial charge in [0, 0.05) is 11.3 Å². The summed E-state index contributed by atoms with van der Waals surface area (Å²) in [6, 6.07) is 4.48. The number of anilines is 1. The lowest BCUT2D eigenvalue weighted by Gasteiger charge is -2.28. The van der Waals surface area contributed by atoms with E-state index >= 15 is 0 Å². The molecule has 6 heteroatoms. The molecule has 0 bridgehead atoms. The molecule has 5 nitrogen and oxygen atoms in total. The van der Waals surface area contributed by atoms with Crippen molar-refractivity contribution >= 4 is 5.69 Å². The minimum Gasteiger partial charge on any atom is -0.398 e. The van der Waals surface area contributed by atoms with E-state index in [1.807, 2.05) is 0 Å². The maximum Gasteiger partial charge on any atom is 0.184 e. The highest BCUT2D eigenvalue weighted by Gasteiger charge is 2.25. The molecule has 112 valence electrons. The van der Waals surface area contributed by atoms with Gasteiger partial charge in [-0.2, -0.15) is 0 Å². The van der Waals surface area contributed by atoms with Gasteiger partial charge in [-0.25, -0.2) is 9.07 Å². The van der Waals surface area contributed by atoms with Crippen LogP contribution < -0.4 is 5.73 Å². The molecule has 1 aliphatic rings. The maximum atomic E-state index is 13.5. The molecule has 1 aromatic carbocycles. The van der Waals surface area contributed by atoms with Gasteiger partial charge in [-0.1, -0.05) is 19.3 Å². The first-order chi connectivity index (χ1) is 10.2. The van der Waals surface area contributed by atoms with Crippen LogP contribution in [0.2, 0.25) is 0 Å². The lowest BCUT2D eigenvalue weighted by atomic mass is 9.84. The third kappa shape index (κ3) is 2.75. The summed E-state index contributed by atoms with van der Waals surface area (Å²) in [5.41, 5.74) is 7.00. The van der Waals surface area contributed by atoms with E-state index in [2.05, 4.69) is 22.4 Å². The number of hydrogen-bond acceptors (Lipinski definition) is 4. The SMILES string of the molecule is CC(C1CCCCC1)n1nnnc1-c1cc(F)ccc1N. The molecular formula is C15H20FN5. The van der Waals surface area contributed by atoms with Crippen molar-refractivity contribution in [3.63, 3.8) is 0 Å². The first-order valence-electron chi connectivity index (χ1n) is 7.50. The molecule has 1 unspecified atom stereocenters. The van der Waals surface area contributed by atoms with Gasteiger partial charge in [0.2, 0.25) is 0 Å². The minimum atomic E-state index is -0.334. The van der Waals surface area contributed by atoms with Crippen LogP contribution in [0.4, 0.5) is 10.1 Å². The normalized spacial score (nSPS) is 17.8. The first kappa shape index (κ1) is 14.0. The number of benzene rings is 1. The Morgan fingerprint density at radius 2 is 2.05 bits per heavy atom. The van der Waals surface area contributed by atoms with Crippen molar-refractivity contribution in [3.05, 3.63) is 24.0 Å². The third-order valence-electron chi connectivity index (χ3n) is 4.47. The van der Waals surface area contributed by atoms with Crippen molar-refractivity contribution in [1.29, 1.82) is 0 Å². The smallest absolute Gasteiger partial charge is 0.184 e. The molecule has 2 N–H and O–H groups in total. The van der Waals surface area contributed by atoms with Crippen molar-refractivity contribution in [3.8, 4) is 11.4 Å². The van der Waals surface area contributed by atoms with Crippen LogP contribution in [0.15, 0.2) is 18.2 Å². The summed E-state index contributed by atoms with van der Waals surface area (Å²) in [6.45, 7) is 2.13. The Balaban J connectivity index is 1.94. The van der Waals surface area contributed by atoms with Crippen LogP contribution in [-0.4, -0.2) is 20.2 Å². The summed E-state index contributed by atoms with van der Waals surface area (Å²) >= 11 is 0. The maximum absolute atomic E-state index is 13.5. The summed E-state index contributed by atoms with van der Waals surface area (Å²) in [5.74, 6) is 0.778. The van der Waals surface area contributed by atoms with Crippen LogP contribution in [0.25, 0.3) is 11.4 Å². The minimum absolute atomic E-state index is 0.193. The van der Waals surface area contributed by atoms with Gasteiger partial charge in [0.25, 0.3) is 0 Å². The van der Waals surface area contributed by atoms with E-state index < -0.39 is 0 Å². The largest absolute Gasteiger partial charge is 0.398 e. The molecule has 1 aliphatic carbocycles. The van der Waals surface area contributed by atoms with Crippen molar-refractivity contribution < 1.29 is 4.39 Å². The van der Waals surface area contributed by atoms with Crippen molar-refractivity contribution in [2.24, 2.45) is 5.92 Å². The summed E-state index contributed by atoms with van der Waals surface area (Å²) < 4.78 is 15.3. The van der Waals surface area contributed by atoms with Crippen molar-refractivity contribution in [2.75, 3.05) is 5.73 Å². The van der Waals surface area contributed by atoms with E-state index in [1.54, 1.807) is 10.7 Å².